The minimum Gasteiger partial charge on any atom is -0.494 e. The largest absolute Gasteiger partial charge is 0.494 e. The molecule has 2 rings (SSSR count). The molecule has 0 bridgehead atoms. The molecule has 0 fully saturated rings. The molecule has 0 N–H and O–H groups in total. The third kappa shape index (κ3) is 4.15. The van der Waals surface area contributed by atoms with Gasteiger partial charge in [0.1, 0.15) is 11.5 Å². The Morgan fingerprint density at radius 2 is 1.14 bits per heavy atom. The minimum absolute atomic E-state index is 0.179. The average molecular weight is 305 g/mol. The second kappa shape index (κ2) is 7.94. The van der Waals surface area contributed by atoms with Crippen molar-refractivity contribution in [2.24, 2.45) is 0 Å². The number of rotatable bonds is 7. The Morgan fingerprint density at radius 3 is 1.43 bits per heavy atom. The maximum absolute atomic E-state index is 6.18. The maximum atomic E-state index is 6.18. The van der Waals surface area contributed by atoms with Crippen LogP contribution in [-0.4, -0.2) is 19.1 Å². The molecular formula is C18H21ClO2. The van der Waals surface area contributed by atoms with Gasteiger partial charge in [-0.05, 0) is 49.2 Å². The zero-order valence-electron chi connectivity index (χ0n) is 12.5. The first-order chi connectivity index (χ1) is 10.3. The Morgan fingerprint density at radius 1 is 0.762 bits per heavy atom. The topological polar surface area (TPSA) is 18.5 Å². The van der Waals surface area contributed by atoms with Crippen molar-refractivity contribution in [2.45, 2.75) is 19.8 Å². The number of benzene rings is 2. The molecule has 21 heavy (non-hydrogen) atoms. The highest BCUT2D eigenvalue weighted by atomic mass is 35.5. The zero-order valence-corrected chi connectivity index (χ0v) is 13.3. The maximum Gasteiger partial charge on any atom is 0.119 e. The third-order valence-electron chi connectivity index (χ3n) is 3.34. The highest BCUT2D eigenvalue weighted by Gasteiger charge is 2.13. The molecule has 2 aromatic carbocycles. The fourth-order valence-electron chi connectivity index (χ4n) is 2.30. The Labute approximate surface area is 131 Å². The van der Waals surface area contributed by atoms with Gasteiger partial charge in [-0.1, -0.05) is 24.3 Å². The monoisotopic (exact) mass is 304 g/mol. The van der Waals surface area contributed by atoms with E-state index in [0.29, 0.717) is 19.1 Å². The summed E-state index contributed by atoms with van der Waals surface area (Å²) in [6.07, 6.45) is 0. The molecule has 0 saturated heterocycles. The van der Waals surface area contributed by atoms with E-state index in [9.17, 15) is 0 Å². The summed E-state index contributed by atoms with van der Waals surface area (Å²) in [5.41, 5.74) is 2.38. The van der Waals surface area contributed by atoms with E-state index in [4.69, 9.17) is 21.1 Å². The normalized spacial score (nSPS) is 10.7. The van der Waals surface area contributed by atoms with Gasteiger partial charge < -0.3 is 9.47 Å². The van der Waals surface area contributed by atoms with Crippen LogP contribution in [0.5, 0.6) is 11.5 Å². The summed E-state index contributed by atoms with van der Waals surface area (Å²) in [5, 5.41) is 0. The minimum atomic E-state index is 0.179. The SMILES string of the molecule is CCOc1ccc(C(CCl)c2ccc(OCC)cc2)cc1. The van der Waals surface area contributed by atoms with Crippen molar-refractivity contribution in [1.82, 2.24) is 0 Å². The molecule has 2 aromatic rings. The molecule has 0 aromatic heterocycles. The van der Waals surface area contributed by atoms with Gasteiger partial charge in [-0.3, -0.25) is 0 Å². The summed E-state index contributed by atoms with van der Waals surface area (Å²) in [6, 6.07) is 16.3. The summed E-state index contributed by atoms with van der Waals surface area (Å²) in [5.74, 6) is 2.50. The number of alkyl halides is 1. The predicted molar refractivity (Wildman–Crippen MR) is 87.8 cm³/mol. The molecule has 3 heteroatoms. The highest BCUT2D eigenvalue weighted by molar-refractivity contribution is 6.18. The van der Waals surface area contributed by atoms with Crippen molar-refractivity contribution in [3.63, 3.8) is 0 Å². The first kappa shape index (κ1) is 15.7. The summed E-state index contributed by atoms with van der Waals surface area (Å²) >= 11 is 6.18. The Balaban J connectivity index is 2.18. The van der Waals surface area contributed by atoms with Crippen LogP contribution in [0.15, 0.2) is 48.5 Å². The van der Waals surface area contributed by atoms with Gasteiger partial charge in [0.25, 0.3) is 0 Å². The van der Waals surface area contributed by atoms with E-state index < -0.39 is 0 Å². The van der Waals surface area contributed by atoms with Gasteiger partial charge in [-0.15, -0.1) is 11.6 Å². The van der Waals surface area contributed by atoms with Crippen LogP contribution in [0.25, 0.3) is 0 Å². The van der Waals surface area contributed by atoms with Crippen LogP contribution >= 0.6 is 11.6 Å². The van der Waals surface area contributed by atoms with Crippen molar-refractivity contribution in [2.75, 3.05) is 19.1 Å². The fourth-order valence-corrected chi connectivity index (χ4v) is 2.65. The van der Waals surface area contributed by atoms with Gasteiger partial charge in [0.05, 0.1) is 13.2 Å². The van der Waals surface area contributed by atoms with E-state index in [1.165, 1.54) is 11.1 Å². The molecule has 112 valence electrons. The first-order valence-corrected chi connectivity index (χ1v) is 7.83. The van der Waals surface area contributed by atoms with Gasteiger partial charge in [0.2, 0.25) is 0 Å². The quantitative estimate of drug-likeness (QED) is 0.680. The zero-order chi connectivity index (χ0) is 15.1. The molecule has 0 unspecified atom stereocenters. The number of halogens is 1. The predicted octanol–water partition coefficient (Wildman–Crippen LogP) is 4.85. The van der Waals surface area contributed by atoms with Crippen LogP contribution in [0.1, 0.15) is 30.9 Å². The molecule has 0 aliphatic carbocycles. The summed E-state index contributed by atoms with van der Waals surface area (Å²) in [6.45, 7) is 5.32. The van der Waals surface area contributed by atoms with E-state index in [0.717, 1.165) is 11.5 Å². The van der Waals surface area contributed by atoms with Crippen LogP contribution < -0.4 is 9.47 Å². The molecule has 0 amide bonds. The van der Waals surface area contributed by atoms with Crippen molar-refractivity contribution in [1.29, 1.82) is 0 Å². The summed E-state index contributed by atoms with van der Waals surface area (Å²) in [4.78, 5) is 0. The average Bonchev–Trinajstić information content (AvgIpc) is 2.52. The standard InChI is InChI=1S/C18H21ClO2/c1-3-20-16-9-5-14(6-10-16)18(13-19)15-7-11-17(12-8-15)21-4-2/h5-12,18H,3-4,13H2,1-2H3. The third-order valence-corrected chi connectivity index (χ3v) is 3.65. The van der Waals surface area contributed by atoms with Crippen molar-refractivity contribution >= 4 is 11.6 Å². The van der Waals surface area contributed by atoms with Crippen LogP contribution in [0.2, 0.25) is 0 Å². The van der Waals surface area contributed by atoms with Gasteiger partial charge >= 0.3 is 0 Å². The van der Waals surface area contributed by atoms with Crippen molar-refractivity contribution in [3.8, 4) is 11.5 Å². The Bertz CT molecular complexity index is 485. The summed E-state index contributed by atoms with van der Waals surface area (Å²) in [7, 11) is 0. The van der Waals surface area contributed by atoms with E-state index >= 15 is 0 Å². The molecular weight excluding hydrogens is 284 g/mol. The van der Waals surface area contributed by atoms with Gasteiger partial charge in [0, 0.05) is 11.8 Å². The van der Waals surface area contributed by atoms with Crippen LogP contribution in [0, 0.1) is 0 Å². The molecule has 0 radical (unpaired) electrons. The number of hydrogen-bond acceptors (Lipinski definition) is 2. The van der Waals surface area contributed by atoms with Gasteiger partial charge in [0.15, 0.2) is 0 Å². The van der Waals surface area contributed by atoms with E-state index in [1.807, 2.05) is 38.1 Å². The van der Waals surface area contributed by atoms with E-state index in [-0.39, 0.29) is 5.92 Å². The lowest BCUT2D eigenvalue weighted by Gasteiger charge is -2.16. The Kier molecular flexibility index (Phi) is 5.94. The van der Waals surface area contributed by atoms with Crippen molar-refractivity contribution < 1.29 is 9.47 Å². The second-order valence-corrected chi connectivity index (χ2v) is 5.02. The molecule has 0 aliphatic rings. The fraction of sp³-hybridized carbons (Fsp3) is 0.333. The second-order valence-electron chi connectivity index (χ2n) is 4.71. The number of hydrogen-bond donors (Lipinski definition) is 0. The van der Waals surface area contributed by atoms with Gasteiger partial charge in [-0.2, -0.15) is 0 Å². The van der Waals surface area contributed by atoms with Crippen LogP contribution in [0.3, 0.4) is 0 Å². The first-order valence-electron chi connectivity index (χ1n) is 7.30. The lowest BCUT2D eigenvalue weighted by Crippen LogP contribution is -2.03. The molecule has 2 nitrogen and oxygen atoms in total. The van der Waals surface area contributed by atoms with Crippen LogP contribution in [0.4, 0.5) is 0 Å². The lowest BCUT2D eigenvalue weighted by atomic mass is 9.93. The molecule has 0 saturated carbocycles. The van der Waals surface area contributed by atoms with Crippen LogP contribution in [-0.2, 0) is 0 Å². The highest BCUT2D eigenvalue weighted by Crippen LogP contribution is 2.28. The summed E-state index contributed by atoms with van der Waals surface area (Å²) < 4.78 is 10.9. The molecule has 0 atom stereocenters. The molecule has 0 aliphatic heterocycles. The van der Waals surface area contributed by atoms with Crippen molar-refractivity contribution in [3.05, 3.63) is 59.7 Å². The molecule has 0 heterocycles. The van der Waals surface area contributed by atoms with Gasteiger partial charge in [-0.25, -0.2) is 0 Å². The Hall–Kier alpha value is -1.67. The number of ether oxygens (including phenoxy) is 2. The van der Waals surface area contributed by atoms with E-state index in [2.05, 4.69) is 24.3 Å². The van der Waals surface area contributed by atoms with E-state index in [1.54, 1.807) is 0 Å². The smallest absolute Gasteiger partial charge is 0.119 e. The molecule has 0 spiro atoms. The lowest BCUT2D eigenvalue weighted by molar-refractivity contribution is 0.340.